The molecule has 0 saturated carbocycles. The van der Waals surface area contributed by atoms with Gasteiger partial charge < -0.3 is 15.2 Å². The third kappa shape index (κ3) is 6.01. The summed E-state index contributed by atoms with van der Waals surface area (Å²) in [6.07, 6.45) is -0.390. The molecule has 2 aromatic carbocycles. The third-order valence-electron chi connectivity index (χ3n) is 3.74. The highest BCUT2D eigenvalue weighted by atomic mass is 16.6. The van der Waals surface area contributed by atoms with Crippen molar-refractivity contribution in [3.8, 4) is 11.1 Å². The van der Waals surface area contributed by atoms with Crippen LogP contribution in [0.1, 0.15) is 26.3 Å². The second-order valence-corrected chi connectivity index (χ2v) is 7.09. The summed E-state index contributed by atoms with van der Waals surface area (Å²) >= 11 is 0. The fourth-order valence-electron chi connectivity index (χ4n) is 2.50. The summed E-state index contributed by atoms with van der Waals surface area (Å²) in [4.78, 5) is 23.9. The molecular weight excluding hydrogens is 330 g/mol. The molecule has 2 rings (SSSR count). The third-order valence-corrected chi connectivity index (χ3v) is 3.74. The number of ketones is 1. The summed E-state index contributed by atoms with van der Waals surface area (Å²) in [5.41, 5.74) is 2.40. The van der Waals surface area contributed by atoms with Gasteiger partial charge in [-0.25, -0.2) is 4.79 Å². The maximum atomic E-state index is 12.0. The first-order valence-electron chi connectivity index (χ1n) is 8.56. The maximum Gasteiger partial charge on any atom is 0.408 e. The van der Waals surface area contributed by atoms with Gasteiger partial charge in [-0.15, -0.1) is 0 Å². The van der Waals surface area contributed by atoms with E-state index in [9.17, 15) is 14.7 Å². The summed E-state index contributed by atoms with van der Waals surface area (Å²) in [5.74, 6) is -0.456. The molecule has 138 valence electrons. The van der Waals surface area contributed by atoms with E-state index in [1.807, 2.05) is 54.6 Å². The van der Waals surface area contributed by atoms with Crippen molar-refractivity contribution in [3.63, 3.8) is 0 Å². The fourth-order valence-corrected chi connectivity index (χ4v) is 2.50. The lowest BCUT2D eigenvalue weighted by Gasteiger charge is -2.23. The lowest BCUT2D eigenvalue weighted by molar-refractivity contribution is -0.123. The molecule has 1 amide bonds. The minimum Gasteiger partial charge on any atom is -0.444 e. The van der Waals surface area contributed by atoms with Gasteiger partial charge in [-0.1, -0.05) is 54.6 Å². The zero-order chi connectivity index (χ0) is 19.2. The van der Waals surface area contributed by atoms with E-state index < -0.39 is 30.1 Å². The van der Waals surface area contributed by atoms with Crippen molar-refractivity contribution in [1.29, 1.82) is 0 Å². The molecule has 0 aliphatic heterocycles. The van der Waals surface area contributed by atoms with Crippen LogP contribution in [0.3, 0.4) is 0 Å². The molecule has 5 heteroatoms. The Morgan fingerprint density at radius 3 is 2.12 bits per heavy atom. The van der Waals surface area contributed by atoms with Crippen molar-refractivity contribution < 1.29 is 19.4 Å². The smallest absolute Gasteiger partial charge is 0.408 e. The van der Waals surface area contributed by atoms with Crippen LogP contribution in [0.25, 0.3) is 11.1 Å². The Kier molecular flexibility index (Phi) is 6.52. The van der Waals surface area contributed by atoms with Crippen LogP contribution in [0.4, 0.5) is 4.79 Å². The first-order chi connectivity index (χ1) is 12.3. The molecule has 0 bridgehead atoms. The molecular formula is C21H25NO4. The van der Waals surface area contributed by atoms with Gasteiger partial charge in [-0.3, -0.25) is 4.79 Å². The van der Waals surface area contributed by atoms with Crippen LogP contribution in [-0.2, 0) is 16.0 Å². The van der Waals surface area contributed by atoms with Crippen molar-refractivity contribution in [3.05, 3.63) is 60.2 Å². The zero-order valence-corrected chi connectivity index (χ0v) is 15.4. The first kappa shape index (κ1) is 19.7. The lowest BCUT2D eigenvalue weighted by Crippen LogP contribution is -2.45. The van der Waals surface area contributed by atoms with E-state index in [1.54, 1.807) is 20.8 Å². The average molecular weight is 355 g/mol. The molecule has 0 aliphatic rings. The van der Waals surface area contributed by atoms with Gasteiger partial charge in [0.1, 0.15) is 12.2 Å². The Morgan fingerprint density at radius 2 is 1.58 bits per heavy atom. The van der Waals surface area contributed by atoms with Gasteiger partial charge >= 0.3 is 6.09 Å². The number of alkyl carbamates (subject to hydrolysis) is 1. The summed E-state index contributed by atoms with van der Waals surface area (Å²) in [6.45, 7) is 4.61. The van der Waals surface area contributed by atoms with E-state index in [0.29, 0.717) is 0 Å². The number of nitrogens with one attached hydrogen (secondary N) is 1. The molecule has 5 nitrogen and oxygen atoms in total. The molecule has 0 aromatic heterocycles. The van der Waals surface area contributed by atoms with Crippen molar-refractivity contribution in [2.75, 3.05) is 6.61 Å². The number of aliphatic hydroxyl groups excluding tert-OH is 1. The Balaban J connectivity index is 2.08. The number of benzene rings is 2. The number of hydrogen-bond acceptors (Lipinski definition) is 4. The predicted octanol–water partition coefficient (Wildman–Crippen LogP) is 3.35. The molecule has 0 aliphatic carbocycles. The summed E-state index contributed by atoms with van der Waals surface area (Å²) < 4.78 is 5.19. The van der Waals surface area contributed by atoms with Gasteiger partial charge in [0.25, 0.3) is 0 Å². The van der Waals surface area contributed by atoms with Crippen molar-refractivity contribution in [1.82, 2.24) is 5.32 Å². The molecule has 2 aromatic rings. The molecule has 2 N–H and O–H groups in total. The van der Waals surface area contributed by atoms with Crippen LogP contribution in [0.2, 0.25) is 0 Å². The van der Waals surface area contributed by atoms with Gasteiger partial charge in [0.05, 0.1) is 6.04 Å². The van der Waals surface area contributed by atoms with Crippen LogP contribution in [0, 0.1) is 0 Å². The van der Waals surface area contributed by atoms with E-state index in [4.69, 9.17) is 4.74 Å². The Morgan fingerprint density at radius 1 is 1.00 bits per heavy atom. The Bertz CT molecular complexity index is 733. The molecule has 0 spiro atoms. The summed E-state index contributed by atoms with van der Waals surface area (Å²) in [6, 6.07) is 16.9. The quantitative estimate of drug-likeness (QED) is 0.833. The average Bonchev–Trinajstić information content (AvgIpc) is 2.60. The van der Waals surface area contributed by atoms with Crippen LogP contribution in [0.5, 0.6) is 0 Å². The van der Waals surface area contributed by atoms with Crippen molar-refractivity contribution >= 4 is 11.9 Å². The van der Waals surface area contributed by atoms with Crippen LogP contribution in [0.15, 0.2) is 54.6 Å². The predicted molar refractivity (Wildman–Crippen MR) is 101 cm³/mol. The Labute approximate surface area is 154 Å². The number of carbonyl (C=O) groups excluding carboxylic acids is 2. The van der Waals surface area contributed by atoms with E-state index in [-0.39, 0.29) is 6.42 Å². The molecule has 1 atom stereocenters. The number of hydrogen-bond donors (Lipinski definition) is 2. The van der Waals surface area contributed by atoms with E-state index in [2.05, 4.69) is 5.32 Å². The summed E-state index contributed by atoms with van der Waals surface area (Å²) in [7, 11) is 0. The fraction of sp³-hybridized carbons (Fsp3) is 0.333. The second kappa shape index (κ2) is 8.63. The summed E-state index contributed by atoms with van der Waals surface area (Å²) in [5, 5.41) is 11.7. The van der Waals surface area contributed by atoms with E-state index in [1.165, 1.54) is 0 Å². The van der Waals surface area contributed by atoms with E-state index >= 15 is 0 Å². The highest BCUT2D eigenvalue weighted by Crippen LogP contribution is 2.20. The zero-order valence-electron chi connectivity index (χ0n) is 15.4. The second-order valence-electron chi connectivity index (χ2n) is 7.09. The molecule has 0 fully saturated rings. The molecule has 1 unspecified atom stereocenters. The standard InChI is InChI=1S/C21H25NO4/c1-21(2,3)26-20(25)22-18(19(24)14-23)13-15-9-11-17(12-10-15)16-7-5-4-6-8-16/h4-12,18,23H,13-14H2,1-3H3,(H,22,25). The molecule has 0 saturated heterocycles. The molecule has 26 heavy (non-hydrogen) atoms. The van der Waals surface area contributed by atoms with Gasteiger partial charge in [0.2, 0.25) is 0 Å². The number of Topliss-reactive ketones (excluding diaryl/α,β-unsaturated/α-hetero) is 1. The van der Waals surface area contributed by atoms with Gasteiger partial charge in [0.15, 0.2) is 5.78 Å². The first-order valence-corrected chi connectivity index (χ1v) is 8.56. The number of ether oxygens (including phenoxy) is 1. The number of rotatable bonds is 6. The van der Waals surface area contributed by atoms with Gasteiger partial charge in [0, 0.05) is 0 Å². The van der Waals surface area contributed by atoms with Gasteiger partial charge in [-0.2, -0.15) is 0 Å². The Hall–Kier alpha value is -2.66. The van der Waals surface area contributed by atoms with Crippen LogP contribution in [-0.4, -0.2) is 35.2 Å². The number of carbonyl (C=O) groups is 2. The monoisotopic (exact) mass is 355 g/mol. The van der Waals surface area contributed by atoms with E-state index in [0.717, 1.165) is 16.7 Å². The maximum absolute atomic E-state index is 12.0. The highest BCUT2D eigenvalue weighted by molar-refractivity contribution is 5.88. The number of aliphatic hydroxyl groups is 1. The lowest BCUT2D eigenvalue weighted by atomic mass is 9.99. The topological polar surface area (TPSA) is 75.6 Å². The minimum atomic E-state index is -0.836. The minimum absolute atomic E-state index is 0.285. The largest absolute Gasteiger partial charge is 0.444 e. The van der Waals surface area contributed by atoms with Crippen LogP contribution >= 0.6 is 0 Å². The molecule has 0 heterocycles. The van der Waals surface area contributed by atoms with Crippen molar-refractivity contribution in [2.45, 2.75) is 38.8 Å². The SMILES string of the molecule is CC(C)(C)OC(=O)NC(Cc1ccc(-c2ccccc2)cc1)C(=O)CO. The van der Waals surface area contributed by atoms with Crippen LogP contribution < -0.4 is 5.32 Å². The highest BCUT2D eigenvalue weighted by Gasteiger charge is 2.24. The number of amides is 1. The van der Waals surface area contributed by atoms with Gasteiger partial charge in [-0.05, 0) is 43.9 Å². The molecule has 0 radical (unpaired) electrons. The van der Waals surface area contributed by atoms with Crippen molar-refractivity contribution in [2.24, 2.45) is 0 Å². The normalized spacial score (nSPS) is 12.3.